The molecule has 1 N–H and O–H groups in total. The molecule has 0 saturated carbocycles. The molecule has 0 aliphatic carbocycles. The summed E-state index contributed by atoms with van der Waals surface area (Å²) < 4.78 is 31.5. The Morgan fingerprint density at radius 2 is 2.04 bits per heavy atom. The Morgan fingerprint density at radius 3 is 2.62 bits per heavy atom. The lowest BCUT2D eigenvalue weighted by molar-refractivity contribution is -0.111. The summed E-state index contributed by atoms with van der Waals surface area (Å²) in [6.07, 6.45) is 0.644. The van der Waals surface area contributed by atoms with Crippen molar-refractivity contribution in [1.82, 2.24) is 0 Å². The topological polar surface area (TPSA) is 58.6 Å². The highest BCUT2D eigenvalue weighted by Crippen LogP contribution is 2.32. The number of rotatable bonds is 5. The zero-order valence-electron chi connectivity index (χ0n) is 13.5. The maximum Gasteiger partial charge on any atom is 0.340 e. The average molecular weight is 338 g/mol. The first kappa shape index (κ1) is 17.9. The molecule has 130 valence electrons. The van der Waals surface area contributed by atoms with Crippen molar-refractivity contribution in [2.75, 3.05) is 29.9 Å². The predicted molar refractivity (Wildman–Crippen MR) is 87.6 cm³/mol. The fourth-order valence-electron chi connectivity index (χ4n) is 2.50. The molecule has 1 aromatic rings. The van der Waals surface area contributed by atoms with Crippen molar-refractivity contribution in [2.45, 2.75) is 25.7 Å². The van der Waals surface area contributed by atoms with Crippen molar-refractivity contribution < 1.29 is 23.1 Å². The van der Waals surface area contributed by atoms with Crippen LogP contribution in [0, 0.1) is 0 Å². The highest BCUT2D eigenvalue weighted by molar-refractivity contribution is 6.05. The van der Waals surface area contributed by atoms with Crippen LogP contribution in [0.5, 0.6) is 0 Å². The molecule has 2 rings (SSSR count). The minimum absolute atomic E-state index is 0.205. The molecule has 0 aromatic heterocycles. The Morgan fingerprint density at radius 1 is 1.38 bits per heavy atom. The molecule has 1 aliphatic rings. The van der Waals surface area contributed by atoms with Crippen LogP contribution in [-0.4, -0.2) is 37.5 Å². The van der Waals surface area contributed by atoms with Gasteiger partial charge < -0.3 is 15.0 Å². The second-order valence-electron chi connectivity index (χ2n) is 5.49. The van der Waals surface area contributed by atoms with Crippen LogP contribution < -0.4 is 10.2 Å². The summed E-state index contributed by atoms with van der Waals surface area (Å²) in [5.74, 6) is -3.67. The van der Waals surface area contributed by atoms with Crippen LogP contribution in [0.4, 0.5) is 20.2 Å². The van der Waals surface area contributed by atoms with Gasteiger partial charge in [-0.2, -0.15) is 0 Å². The molecule has 0 radical (unpaired) electrons. The van der Waals surface area contributed by atoms with E-state index in [1.165, 1.54) is 6.07 Å². The lowest BCUT2D eigenvalue weighted by Gasteiger charge is -2.33. The molecule has 1 aliphatic heterocycles. The molecule has 0 spiro atoms. The van der Waals surface area contributed by atoms with Crippen molar-refractivity contribution in [1.29, 1.82) is 0 Å². The van der Waals surface area contributed by atoms with Crippen molar-refractivity contribution >= 4 is 23.3 Å². The van der Waals surface area contributed by atoms with Gasteiger partial charge in [-0.3, -0.25) is 4.79 Å². The number of alkyl halides is 2. The van der Waals surface area contributed by atoms with E-state index in [-0.39, 0.29) is 43.8 Å². The first-order chi connectivity index (χ1) is 11.4. The third kappa shape index (κ3) is 4.31. The normalized spacial score (nSPS) is 16.4. The zero-order valence-corrected chi connectivity index (χ0v) is 13.5. The maximum absolute atomic E-state index is 13.3. The predicted octanol–water partition coefficient (Wildman–Crippen LogP) is 3.22. The van der Waals surface area contributed by atoms with E-state index in [1.807, 2.05) is 0 Å². The molecule has 7 heteroatoms. The maximum atomic E-state index is 13.3. The second-order valence-corrected chi connectivity index (χ2v) is 5.49. The first-order valence-electron chi connectivity index (χ1n) is 7.73. The molecule has 1 amide bonds. The Bertz CT molecular complexity index is 637. The summed E-state index contributed by atoms with van der Waals surface area (Å²) in [4.78, 5) is 25.4. The van der Waals surface area contributed by atoms with E-state index < -0.39 is 17.8 Å². The molecule has 24 heavy (non-hydrogen) atoms. The van der Waals surface area contributed by atoms with Crippen LogP contribution in [0.25, 0.3) is 0 Å². The Labute approximate surface area is 139 Å². The molecule has 0 atom stereocenters. The van der Waals surface area contributed by atoms with E-state index in [9.17, 15) is 18.4 Å². The van der Waals surface area contributed by atoms with Crippen LogP contribution in [0.15, 0.2) is 30.9 Å². The fraction of sp³-hybridized carbons (Fsp3) is 0.412. The van der Waals surface area contributed by atoms with Gasteiger partial charge in [0.15, 0.2) is 0 Å². The number of hydrogen-bond acceptors (Lipinski definition) is 4. The van der Waals surface area contributed by atoms with E-state index in [2.05, 4.69) is 11.9 Å². The zero-order chi connectivity index (χ0) is 17.7. The van der Waals surface area contributed by atoms with Crippen LogP contribution in [0.2, 0.25) is 0 Å². The number of anilines is 2. The van der Waals surface area contributed by atoms with Crippen molar-refractivity contribution in [3.05, 3.63) is 36.4 Å². The number of nitrogens with one attached hydrogen (secondary N) is 1. The Balaban J connectivity index is 2.28. The number of carbonyl (C=O) groups excluding carboxylic acids is 2. The van der Waals surface area contributed by atoms with Crippen LogP contribution in [0.3, 0.4) is 0 Å². The number of ether oxygens (including phenoxy) is 1. The molecular weight excluding hydrogens is 318 g/mol. The lowest BCUT2D eigenvalue weighted by atomic mass is 10.0. The van der Waals surface area contributed by atoms with Gasteiger partial charge in [-0.1, -0.05) is 6.58 Å². The van der Waals surface area contributed by atoms with Gasteiger partial charge in [0.2, 0.25) is 5.91 Å². The standard InChI is InChI=1S/C17H20F2N2O3/c1-3-15(22)20-14-11-12(5-6-13(14)16(23)24-4-2)21-9-7-17(18,19)8-10-21/h3,5-6,11H,1,4,7-10H2,2H3,(H,20,22). The summed E-state index contributed by atoms with van der Waals surface area (Å²) in [6.45, 7) is 5.68. The van der Waals surface area contributed by atoms with Gasteiger partial charge in [0, 0.05) is 31.6 Å². The van der Waals surface area contributed by atoms with E-state index in [0.29, 0.717) is 5.69 Å². The lowest BCUT2D eigenvalue weighted by Crippen LogP contribution is -2.39. The number of esters is 1. The van der Waals surface area contributed by atoms with Gasteiger partial charge in [0.05, 0.1) is 17.9 Å². The summed E-state index contributed by atoms with van der Waals surface area (Å²) in [5, 5.41) is 2.56. The molecule has 1 fully saturated rings. The van der Waals surface area contributed by atoms with Gasteiger partial charge in [-0.25, -0.2) is 13.6 Å². The first-order valence-corrected chi connectivity index (χ1v) is 7.73. The van der Waals surface area contributed by atoms with Gasteiger partial charge in [-0.05, 0) is 31.2 Å². The molecule has 0 bridgehead atoms. The Hall–Kier alpha value is -2.44. The quantitative estimate of drug-likeness (QED) is 0.661. The third-order valence-corrected chi connectivity index (χ3v) is 3.80. The smallest absolute Gasteiger partial charge is 0.340 e. The van der Waals surface area contributed by atoms with E-state index in [1.54, 1.807) is 24.0 Å². The molecule has 0 unspecified atom stereocenters. The summed E-state index contributed by atoms with van der Waals surface area (Å²) in [6, 6.07) is 4.79. The van der Waals surface area contributed by atoms with E-state index in [0.717, 1.165) is 6.08 Å². The van der Waals surface area contributed by atoms with Crippen LogP contribution >= 0.6 is 0 Å². The minimum Gasteiger partial charge on any atom is -0.462 e. The van der Waals surface area contributed by atoms with Gasteiger partial charge in [-0.15, -0.1) is 0 Å². The molecule has 1 saturated heterocycles. The largest absolute Gasteiger partial charge is 0.462 e. The highest BCUT2D eigenvalue weighted by Gasteiger charge is 2.34. The Kier molecular flexibility index (Phi) is 5.54. The number of piperidine rings is 1. The number of halogens is 2. The number of carbonyl (C=O) groups is 2. The van der Waals surface area contributed by atoms with Crippen molar-refractivity contribution in [3.8, 4) is 0 Å². The monoisotopic (exact) mass is 338 g/mol. The molecule has 1 heterocycles. The van der Waals surface area contributed by atoms with Gasteiger partial charge >= 0.3 is 5.97 Å². The summed E-state index contributed by atoms with van der Waals surface area (Å²) >= 11 is 0. The molecule has 5 nitrogen and oxygen atoms in total. The number of nitrogens with zero attached hydrogens (tertiary/aromatic N) is 1. The van der Waals surface area contributed by atoms with Gasteiger partial charge in [0.1, 0.15) is 0 Å². The number of amides is 1. The number of hydrogen-bond donors (Lipinski definition) is 1. The second kappa shape index (κ2) is 7.42. The SMILES string of the molecule is C=CC(=O)Nc1cc(N2CCC(F)(F)CC2)ccc1C(=O)OCC. The number of benzene rings is 1. The van der Waals surface area contributed by atoms with Crippen LogP contribution in [-0.2, 0) is 9.53 Å². The fourth-order valence-corrected chi connectivity index (χ4v) is 2.50. The molecule has 1 aromatic carbocycles. The van der Waals surface area contributed by atoms with Crippen molar-refractivity contribution in [2.24, 2.45) is 0 Å². The van der Waals surface area contributed by atoms with Gasteiger partial charge in [0.25, 0.3) is 5.92 Å². The van der Waals surface area contributed by atoms with Crippen LogP contribution in [0.1, 0.15) is 30.1 Å². The average Bonchev–Trinajstić information content (AvgIpc) is 2.54. The van der Waals surface area contributed by atoms with E-state index in [4.69, 9.17) is 4.74 Å². The summed E-state index contributed by atoms with van der Waals surface area (Å²) in [7, 11) is 0. The van der Waals surface area contributed by atoms with Crippen molar-refractivity contribution in [3.63, 3.8) is 0 Å². The molecular formula is C17H20F2N2O3. The summed E-state index contributed by atoms with van der Waals surface area (Å²) in [5.41, 5.74) is 1.14. The highest BCUT2D eigenvalue weighted by atomic mass is 19.3. The third-order valence-electron chi connectivity index (χ3n) is 3.80. The minimum atomic E-state index is -2.64. The van der Waals surface area contributed by atoms with E-state index >= 15 is 0 Å².